The minimum Gasteiger partial charge on any atom is -0.487 e. The molecule has 1 aromatic rings. The predicted octanol–water partition coefficient (Wildman–Crippen LogP) is 1.70. The fourth-order valence-corrected chi connectivity index (χ4v) is 1.75. The molecule has 0 radical (unpaired) electrons. The van der Waals surface area contributed by atoms with Crippen molar-refractivity contribution in [2.24, 2.45) is 5.73 Å². The highest BCUT2D eigenvalue weighted by Gasteiger charge is 2.06. The van der Waals surface area contributed by atoms with Gasteiger partial charge in [-0.25, -0.2) is 12.8 Å². The van der Waals surface area contributed by atoms with Crippen LogP contribution in [0.4, 0.5) is 4.39 Å². The third-order valence-corrected chi connectivity index (χ3v) is 3.10. The first-order chi connectivity index (χ1) is 7.93. The highest BCUT2D eigenvalue weighted by atomic mass is 35.5. The number of rotatable bonds is 5. The van der Waals surface area contributed by atoms with Crippen molar-refractivity contribution in [3.8, 4) is 5.75 Å². The molecule has 1 aromatic carbocycles. The molecule has 0 amide bonds. The summed E-state index contributed by atoms with van der Waals surface area (Å²) in [4.78, 5) is 0.197. The Morgan fingerprint density at radius 1 is 1.39 bits per heavy atom. The van der Waals surface area contributed by atoms with Crippen LogP contribution < -0.4 is 10.5 Å². The van der Waals surface area contributed by atoms with E-state index >= 15 is 0 Å². The van der Waals surface area contributed by atoms with Gasteiger partial charge < -0.3 is 10.5 Å². The van der Waals surface area contributed by atoms with E-state index in [0.717, 1.165) is 6.26 Å². The molecule has 0 saturated heterocycles. The maximum Gasteiger partial charge on any atom is 0.175 e. The molecule has 102 valence electrons. The number of hydrogen-bond donors (Lipinski definition) is 1. The molecule has 7 heteroatoms. The Morgan fingerprint density at radius 2 is 1.94 bits per heavy atom. The first-order valence-corrected chi connectivity index (χ1v) is 6.80. The van der Waals surface area contributed by atoms with Crippen LogP contribution in [0.15, 0.2) is 41.1 Å². The molecular weight excluding hydrogens is 281 g/mol. The summed E-state index contributed by atoms with van der Waals surface area (Å²) in [6, 6.07) is 5.78. The molecule has 0 unspecified atom stereocenters. The molecule has 0 fully saturated rings. The lowest BCUT2D eigenvalue weighted by atomic mass is 10.3. The predicted molar refractivity (Wildman–Crippen MR) is 70.5 cm³/mol. The van der Waals surface area contributed by atoms with E-state index in [1.54, 1.807) is 0 Å². The number of sulfone groups is 1. The van der Waals surface area contributed by atoms with Gasteiger partial charge in [0.15, 0.2) is 9.84 Å². The van der Waals surface area contributed by atoms with Gasteiger partial charge in [0, 0.05) is 12.8 Å². The summed E-state index contributed by atoms with van der Waals surface area (Å²) in [5.74, 6) is -0.0577. The van der Waals surface area contributed by atoms with E-state index in [-0.39, 0.29) is 30.5 Å². The van der Waals surface area contributed by atoms with Crippen LogP contribution in [0.1, 0.15) is 0 Å². The van der Waals surface area contributed by atoms with E-state index < -0.39 is 15.7 Å². The van der Waals surface area contributed by atoms with Crippen LogP contribution in [0.25, 0.3) is 0 Å². The minimum absolute atomic E-state index is 0. The van der Waals surface area contributed by atoms with Gasteiger partial charge in [-0.15, -0.1) is 12.4 Å². The quantitative estimate of drug-likeness (QED) is 0.898. The zero-order valence-corrected chi connectivity index (χ0v) is 11.4. The van der Waals surface area contributed by atoms with Crippen molar-refractivity contribution in [2.75, 3.05) is 19.4 Å². The van der Waals surface area contributed by atoms with E-state index in [1.165, 1.54) is 30.3 Å². The average Bonchev–Trinajstić information content (AvgIpc) is 2.26. The van der Waals surface area contributed by atoms with Gasteiger partial charge in [-0.05, 0) is 30.3 Å². The van der Waals surface area contributed by atoms with Gasteiger partial charge in [-0.1, -0.05) is 0 Å². The molecule has 0 atom stereocenters. The third kappa shape index (κ3) is 5.48. The Kier molecular flexibility index (Phi) is 6.90. The number of hydrogen-bond acceptors (Lipinski definition) is 4. The van der Waals surface area contributed by atoms with Crippen molar-refractivity contribution >= 4 is 22.2 Å². The summed E-state index contributed by atoms with van der Waals surface area (Å²) in [5.41, 5.74) is 5.13. The summed E-state index contributed by atoms with van der Waals surface area (Å²) in [7, 11) is -3.22. The first-order valence-electron chi connectivity index (χ1n) is 4.91. The Labute approximate surface area is 112 Å². The number of ether oxygens (including phenoxy) is 1. The molecule has 0 aliphatic heterocycles. The van der Waals surface area contributed by atoms with Gasteiger partial charge >= 0.3 is 0 Å². The molecule has 0 aliphatic carbocycles. The molecule has 2 N–H and O–H groups in total. The van der Waals surface area contributed by atoms with Crippen molar-refractivity contribution in [1.82, 2.24) is 0 Å². The molecule has 0 saturated carbocycles. The summed E-state index contributed by atoms with van der Waals surface area (Å²) in [6.07, 6.45) is 2.33. The molecule has 0 bridgehead atoms. The fraction of sp³-hybridized carbons (Fsp3) is 0.273. The topological polar surface area (TPSA) is 69.4 Å². The Bertz CT molecular complexity index is 500. The van der Waals surface area contributed by atoms with E-state index in [4.69, 9.17) is 10.5 Å². The second-order valence-electron chi connectivity index (χ2n) is 3.42. The standard InChI is InChI=1S/C11H14FNO3S.ClH/c1-17(14,15)11-4-2-10(3-5-11)16-8-9(12)6-7-13;/h2-6H,7-8,13H2,1H3;1H/b9-6+;. The highest BCUT2D eigenvalue weighted by molar-refractivity contribution is 7.90. The van der Waals surface area contributed by atoms with Crippen molar-refractivity contribution < 1.29 is 17.5 Å². The number of halogens is 2. The van der Waals surface area contributed by atoms with E-state index in [9.17, 15) is 12.8 Å². The molecule has 0 aromatic heterocycles. The van der Waals surface area contributed by atoms with E-state index in [0.29, 0.717) is 5.75 Å². The van der Waals surface area contributed by atoms with Crippen LogP contribution in [0.3, 0.4) is 0 Å². The maximum absolute atomic E-state index is 12.9. The minimum atomic E-state index is -3.22. The van der Waals surface area contributed by atoms with Crippen LogP contribution in [0.5, 0.6) is 5.75 Å². The normalized spacial score (nSPS) is 11.8. The van der Waals surface area contributed by atoms with Crippen molar-refractivity contribution in [3.05, 3.63) is 36.2 Å². The van der Waals surface area contributed by atoms with Crippen LogP contribution in [-0.4, -0.2) is 27.8 Å². The second-order valence-corrected chi connectivity index (χ2v) is 5.43. The molecule has 18 heavy (non-hydrogen) atoms. The van der Waals surface area contributed by atoms with Crippen molar-refractivity contribution in [3.63, 3.8) is 0 Å². The lowest BCUT2D eigenvalue weighted by Gasteiger charge is -2.05. The van der Waals surface area contributed by atoms with Crippen molar-refractivity contribution in [1.29, 1.82) is 0 Å². The second kappa shape index (κ2) is 7.35. The SMILES string of the molecule is CS(=O)(=O)c1ccc(OC/C(F)=C\CN)cc1.Cl. The summed E-state index contributed by atoms with van der Waals surface area (Å²) in [5, 5.41) is 0. The summed E-state index contributed by atoms with van der Waals surface area (Å²) < 4.78 is 40.4. The largest absolute Gasteiger partial charge is 0.487 e. The Morgan fingerprint density at radius 3 is 2.39 bits per heavy atom. The van der Waals surface area contributed by atoms with E-state index in [2.05, 4.69) is 0 Å². The zero-order chi connectivity index (χ0) is 12.9. The van der Waals surface area contributed by atoms with Crippen LogP contribution in [0, 0.1) is 0 Å². The number of benzene rings is 1. The lowest BCUT2D eigenvalue weighted by Crippen LogP contribution is -2.02. The Balaban J connectivity index is 0.00000289. The third-order valence-electron chi connectivity index (χ3n) is 1.97. The van der Waals surface area contributed by atoms with Gasteiger partial charge in [0.2, 0.25) is 0 Å². The van der Waals surface area contributed by atoms with Crippen LogP contribution in [-0.2, 0) is 9.84 Å². The fourth-order valence-electron chi connectivity index (χ4n) is 1.12. The average molecular weight is 296 g/mol. The summed E-state index contributed by atoms with van der Waals surface area (Å²) in [6.45, 7) is -0.0996. The van der Waals surface area contributed by atoms with Gasteiger partial charge in [-0.3, -0.25) is 0 Å². The molecule has 1 rings (SSSR count). The smallest absolute Gasteiger partial charge is 0.175 e. The zero-order valence-electron chi connectivity index (χ0n) is 9.80. The monoisotopic (exact) mass is 295 g/mol. The van der Waals surface area contributed by atoms with Gasteiger partial charge in [0.25, 0.3) is 0 Å². The molecule has 0 heterocycles. The first kappa shape index (κ1) is 16.9. The molecule has 0 spiro atoms. The highest BCUT2D eigenvalue weighted by Crippen LogP contribution is 2.16. The van der Waals surface area contributed by atoms with Gasteiger partial charge in [0.1, 0.15) is 18.2 Å². The molecule has 4 nitrogen and oxygen atoms in total. The lowest BCUT2D eigenvalue weighted by molar-refractivity contribution is 0.318. The van der Waals surface area contributed by atoms with Crippen LogP contribution >= 0.6 is 12.4 Å². The number of nitrogens with two attached hydrogens (primary N) is 1. The van der Waals surface area contributed by atoms with Crippen molar-refractivity contribution in [2.45, 2.75) is 4.90 Å². The van der Waals surface area contributed by atoms with Gasteiger partial charge in [0.05, 0.1) is 4.90 Å². The Hall–Kier alpha value is -1.11. The molecule has 0 aliphatic rings. The maximum atomic E-state index is 12.9. The summed E-state index contributed by atoms with van der Waals surface area (Å²) >= 11 is 0. The van der Waals surface area contributed by atoms with Gasteiger partial charge in [-0.2, -0.15) is 0 Å². The molecular formula is C11H15ClFNO3S. The van der Waals surface area contributed by atoms with E-state index in [1.807, 2.05) is 0 Å². The van der Waals surface area contributed by atoms with Crippen LogP contribution in [0.2, 0.25) is 0 Å².